The number of phenolic OH excluding ortho intramolecular Hbond substituents is 1. The molecule has 0 aliphatic heterocycles. The minimum absolute atomic E-state index is 0.0268. The molecule has 0 saturated heterocycles. The van der Waals surface area contributed by atoms with E-state index in [-0.39, 0.29) is 11.8 Å². The van der Waals surface area contributed by atoms with Crippen molar-refractivity contribution in [2.75, 3.05) is 13.7 Å². The first kappa shape index (κ1) is 12.8. The van der Waals surface area contributed by atoms with Crippen molar-refractivity contribution < 1.29 is 9.84 Å². The predicted octanol–water partition coefficient (Wildman–Crippen LogP) is 1.53. The van der Waals surface area contributed by atoms with E-state index < -0.39 is 0 Å². The minimum atomic E-state index is -0.0268. The summed E-state index contributed by atoms with van der Waals surface area (Å²) in [6, 6.07) is 5.19. The van der Waals surface area contributed by atoms with Crippen molar-refractivity contribution in [2.24, 2.45) is 11.5 Å². The molecule has 1 aromatic carbocycles. The van der Waals surface area contributed by atoms with Crippen LogP contribution in [0, 0.1) is 0 Å². The highest BCUT2D eigenvalue weighted by atomic mass is 16.5. The zero-order valence-corrected chi connectivity index (χ0v) is 9.65. The van der Waals surface area contributed by atoms with Gasteiger partial charge in [-0.3, -0.25) is 0 Å². The Bertz CT molecular complexity index is 329. The molecule has 5 N–H and O–H groups in total. The zero-order chi connectivity index (χ0) is 12.0. The number of aromatic hydroxyl groups is 1. The van der Waals surface area contributed by atoms with Gasteiger partial charge in [-0.05, 0) is 37.1 Å². The summed E-state index contributed by atoms with van der Waals surface area (Å²) in [5.41, 5.74) is 12.4. The average Bonchev–Trinajstić information content (AvgIpc) is 2.30. The molecule has 0 amide bonds. The zero-order valence-electron chi connectivity index (χ0n) is 9.65. The summed E-state index contributed by atoms with van der Waals surface area (Å²) in [5, 5.41) is 9.45. The molecule has 0 unspecified atom stereocenters. The van der Waals surface area contributed by atoms with Gasteiger partial charge in [-0.1, -0.05) is 12.5 Å². The van der Waals surface area contributed by atoms with Gasteiger partial charge in [0.25, 0.3) is 0 Å². The van der Waals surface area contributed by atoms with Crippen molar-refractivity contribution in [2.45, 2.75) is 25.3 Å². The Morgan fingerprint density at radius 3 is 2.75 bits per heavy atom. The van der Waals surface area contributed by atoms with Gasteiger partial charge in [-0.25, -0.2) is 0 Å². The molecule has 0 radical (unpaired) electrons. The lowest BCUT2D eigenvalue weighted by Gasteiger charge is -2.13. The molecule has 0 bridgehead atoms. The lowest BCUT2D eigenvalue weighted by Crippen LogP contribution is -2.11. The number of methoxy groups -OCH3 is 1. The molecule has 0 heterocycles. The largest absolute Gasteiger partial charge is 0.504 e. The first-order valence-electron chi connectivity index (χ1n) is 5.51. The van der Waals surface area contributed by atoms with Crippen LogP contribution in [0.4, 0.5) is 0 Å². The van der Waals surface area contributed by atoms with Crippen molar-refractivity contribution in [1.29, 1.82) is 0 Å². The normalized spacial score (nSPS) is 12.4. The molecule has 16 heavy (non-hydrogen) atoms. The summed E-state index contributed by atoms with van der Waals surface area (Å²) in [4.78, 5) is 0. The molecular formula is C12H20N2O2. The molecule has 4 heteroatoms. The highest BCUT2D eigenvalue weighted by Crippen LogP contribution is 2.29. The summed E-state index contributed by atoms with van der Waals surface area (Å²) in [5.74, 6) is 0.604. The maximum atomic E-state index is 9.45. The fraction of sp³-hybridized carbons (Fsp3) is 0.500. The lowest BCUT2D eigenvalue weighted by atomic mass is 10.0. The molecule has 1 rings (SSSR count). The van der Waals surface area contributed by atoms with Gasteiger partial charge in [0, 0.05) is 6.04 Å². The summed E-state index contributed by atoms with van der Waals surface area (Å²) < 4.78 is 5.04. The number of hydrogen-bond donors (Lipinski definition) is 3. The molecule has 0 spiro atoms. The monoisotopic (exact) mass is 224 g/mol. The molecule has 1 aromatic rings. The van der Waals surface area contributed by atoms with E-state index in [2.05, 4.69) is 0 Å². The van der Waals surface area contributed by atoms with Crippen LogP contribution in [0.3, 0.4) is 0 Å². The van der Waals surface area contributed by atoms with Crippen LogP contribution in [0.1, 0.15) is 30.9 Å². The average molecular weight is 224 g/mol. The van der Waals surface area contributed by atoms with Gasteiger partial charge in [-0.2, -0.15) is 0 Å². The lowest BCUT2D eigenvalue weighted by molar-refractivity contribution is 0.372. The second kappa shape index (κ2) is 6.35. The summed E-state index contributed by atoms with van der Waals surface area (Å²) in [6.07, 6.45) is 2.90. The number of nitrogens with two attached hydrogens (primary N) is 2. The molecular weight excluding hydrogens is 204 g/mol. The molecule has 90 valence electrons. The minimum Gasteiger partial charge on any atom is -0.504 e. The highest BCUT2D eigenvalue weighted by Gasteiger charge is 2.09. The Hall–Kier alpha value is -1.26. The summed E-state index contributed by atoms with van der Waals surface area (Å²) in [7, 11) is 1.53. The van der Waals surface area contributed by atoms with Crippen LogP contribution >= 0.6 is 0 Å². The number of benzene rings is 1. The summed E-state index contributed by atoms with van der Waals surface area (Å²) in [6.45, 7) is 0.700. The van der Waals surface area contributed by atoms with Crippen molar-refractivity contribution in [1.82, 2.24) is 0 Å². The van der Waals surface area contributed by atoms with E-state index in [1.807, 2.05) is 6.07 Å². The maximum Gasteiger partial charge on any atom is 0.160 e. The topological polar surface area (TPSA) is 81.5 Å². The van der Waals surface area contributed by atoms with Gasteiger partial charge < -0.3 is 21.3 Å². The Morgan fingerprint density at radius 2 is 2.12 bits per heavy atom. The molecule has 0 aromatic heterocycles. The van der Waals surface area contributed by atoms with E-state index >= 15 is 0 Å². The van der Waals surface area contributed by atoms with E-state index in [1.165, 1.54) is 7.11 Å². The standard InChI is InChI=1S/C12H20N2O2/c1-16-12-8-9(5-6-11(12)15)10(14)4-2-3-7-13/h5-6,8,10,15H,2-4,7,13-14H2,1H3/t10-/m0/s1. The Labute approximate surface area is 96.2 Å². The van der Waals surface area contributed by atoms with Gasteiger partial charge in [0.1, 0.15) is 0 Å². The van der Waals surface area contributed by atoms with Gasteiger partial charge in [-0.15, -0.1) is 0 Å². The maximum absolute atomic E-state index is 9.45. The van der Waals surface area contributed by atoms with E-state index in [0.29, 0.717) is 12.3 Å². The van der Waals surface area contributed by atoms with Crippen LogP contribution in [0.15, 0.2) is 18.2 Å². The molecule has 0 aliphatic rings. The number of rotatable bonds is 6. The summed E-state index contributed by atoms with van der Waals surface area (Å²) >= 11 is 0. The molecule has 0 aliphatic carbocycles. The van der Waals surface area contributed by atoms with Crippen LogP contribution in [-0.4, -0.2) is 18.8 Å². The van der Waals surface area contributed by atoms with Gasteiger partial charge >= 0.3 is 0 Å². The van der Waals surface area contributed by atoms with E-state index in [0.717, 1.165) is 24.8 Å². The number of ether oxygens (including phenoxy) is 1. The van der Waals surface area contributed by atoms with Crippen LogP contribution in [0.5, 0.6) is 11.5 Å². The van der Waals surface area contributed by atoms with E-state index in [4.69, 9.17) is 16.2 Å². The molecule has 0 saturated carbocycles. The van der Waals surface area contributed by atoms with Gasteiger partial charge in [0.15, 0.2) is 11.5 Å². The van der Waals surface area contributed by atoms with Crippen molar-refractivity contribution in [3.63, 3.8) is 0 Å². The van der Waals surface area contributed by atoms with Crippen molar-refractivity contribution >= 4 is 0 Å². The third-order valence-electron chi connectivity index (χ3n) is 2.60. The van der Waals surface area contributed by atoms with Crippen LogP contribution in [0.25, 0.3) is 0 Å². The third-order valence-corrected chi connectivity index (χ3v) is 2.60. The smallest absolute Gasteiger partial charge is 0.160 e. The quantitative estimate of drug-likeness (QED) is 0.640. The Kier molecular flexibility index (Phi) is 5.08. The van der Waals surface area contributed by atoms with Crippen LogP contribution < -0.4 is 16.2 Å². The van der Waals surface area contributed by atoms with Crippen molar-refractivity contribution in [3.8, 4) is 11.5 Å². The highest BCUT2D eigenvalue weighted by molar-refractivity contribution is 5.42. The first-order chi connectivity index (χ1) is 7.69. The molecule has 4 nitrogen and oxygen atoms in total. The second-order valence-electron chi connectivity index (χ2n) is 3.82. The fourth-order valence-corrected chi connectivity index (χ4v) is 1.60. The predicted molar refractivity (Wildman–Crippen MR) is 64.5 cm³/mol. The van der Waals surface area contributed by atoms with E-state index in [1.54, 1.807) is 12.1 Å². The third kappa shape index (κ3) is 3.40. The fourth-order valence-electron chi connectivity index (χ4n) is 1.60. The number of hydrogen-bond acceptors (Lipinski definition) is 4. The second-order valence-corrected chi connectivity index (χ2v) is 3.82. The van der Waals surface area contributed by atoms with Crippen LogP contribution in [0.2, 0.25) is 0 Å². The number of unbranched alkanes of at least 4 members (excludes halogenated alkanes) is 1. The van der Waals surface area contributed by atoms with Crippen molar-refractivity contribution in [3.05, 3.63) is 23.8 Å². The molecule has 1 atom stereocenters. The van der Waals surface area contributed by atoms with Gasteiger partial charge in [0.05, 0.1) is 7.11 Å². The Balaban J connectivity index is 2.64. The SMILES string of the molecule is COc1cc([C@@H](N)CCCCN)ccc1O. The Morgan fingerprint density at radius 1 is 1.38 bits per heavy atom. The van der Waals surface area contributed by atoms with Gasteiger partial charge in [0.2, 0.25) is 0 Å². The number of phenols is 1. The first-order valence-corrected chi connectivity index (χ1v) is 5.51. The van der Waals surface area contributed by atoms with Crippen LogP contribution in [-0.2, 0) is 0 Å². The molecule has 0 fully saturated rings. The van der Waals surface area contributed by atoms with E-state index in [9.17, 15) is 5.11 Å².